The van der Waals surface area contributed by atoms with E-state index in [-0.39, 0.29) is 12.4 Å². The normalized spacial score (nSPS) is 9.38. The van der Waals surface area contributed by atoms with Crippen molar-refractivity contribution in [1.29, 1.82) is 0 Å². The maximum absolute atomic E-state index is 5.80. The highest BCUT2D eigenvalue weighted by Gasteiger charge is 1.92. The lowest BCUT2D eigenvalue weighted by molar-refractivity contribution is 0.730. The summed E-state index contributed by atoms with van der Waals surface area (Å²) < 4.78 is 0. The minimum atomic E-state index is 0. The molecule has 0 spiro atoms. The molecule has 4 heteroatoms. The Morgan fingerprint density at radius 2 is 2.08 bits per heavy atom. The second-order valence-corrected chi connectivity index (χ2v) is 3.31. The number of hydrogen-bond donors (Lipinski definition) is 1. The number of rotatable bonds is 4. The zero-order valence-electron chi connectivity index (χ0n) is 7.09. The zero-order chi connectivity index (χ0) is 8.81. The smallest absolute Gasteiger partial charge is 0.0409 e. The fourth-order valence-electron chi connectivity index (χ4n) is 0.946. The van der Waals surface area contributed by atoms with Gasteiger partial charge >= 0.3 is 0 Å². The van der Waals surface area contributed by atoms with Crippen molar-refractivity contribution >= 4 is 35.6 Å². The third-order valence-electron chi connectivity index (χ3n) is 1.49. The second-order valence-electron chi connectivity index (χ2n) is 2.50. The van der Waals surface area contributed by atoms with Gasteiger partial charge in [-0.25, -0.2) is 0 Å². The molecule has 13 heavy (non-hydrogen) atoms. The van der Waals surface area contributed by atoms with Crippen LogP contribution in [0.1, 0.15) is 5.56 Å². The molecular weight excluding hydrogens is 228 g/mol. The second kappa shape index (κ2) is 7.45. The third kappa shape index (κ3) is 5.37. The van der Waals surface area contributed by atoms with Crippen molar-refractivity contribution in [2.75, 3.05) is 12.4 Å². The molecule has 1 aromatic carbocycles. The van der Waals surface area contributed by atoms with E-state index in [0.29, 0.717) is 5.88 Å². The van der Waals surface area contributed by atoms with E-state index in [9.17, 15) is 0 Å². The van der Waals surface area contributed by atoms with Crippen LogP contribution in [0.5, 0.6) is 0 Å². The molecule has 0 saturated heterocycles. The first-order valence-electron chi connectivity index (χ1n) is 3.84. The fourth-order valence-corrected chi connectivity index (χ4v) is 1.29. The van der Waals surface area contributed by atoms with Crippen molar-refractivity contribution in [1.82, 2.24) is 5.32 Å². The summed E-state index contributed by atoms with van der Waals surface area (Å²) in [6.07, 6.45) is 0. The lowest BCUT2D eigenvalue weighted by Gasteiger charge is -2.02. The first-order chi connectivity index (χ1) is 5.83. The van der Waals surface area contributed by atoms with Gasteiger partial charge in [0.25, 0.3) is 0 Å². The average molecular weight is 241 g/mol. The van der Waals surface area contributed by atoms with Crippen LogP contribution >= 0.6 is 35.6 Å². The molecule has 0 radical (unpaired) electrons. The summed E-state index contributed by atoms with van der Waals surface area (Å²) in [7, 11) is 0. The minimum absolute atomic E-state index is 0. The minimum Gasteiger partial charge on any atom is -0.311 e. The van der Waals surface area contributed by atoms with Gasteiger partial charge < -0.3 is 5.32 Å². The zero-order valence-corrected chi connectivity index (χ0v) is 9.42. The van der Waals surface area contributed by atoms with Gasteiger partial charge in [0.1, 0.15) is 0 Å². The predicted molar refractivity (Wildman–Crippen MR) is 61.1 cm³/mol. The Balaban J connectivity index is 0.00000144. The van der Waals surface area contributed by atoms with Crippen LogP contribution in [0, 0.1) is 0 Å². The van der Waals surface area contributed by atoms with Crippen LogP contribution in [-0.2, 0) is 6.54 Å². The molecule has 1 aromatic rings. The van der Waals surface area contributed by atoms with Crippen LogP contribution in [0.3, 0.4) is 0 Å². The molecular formula is C9H12Cl3N. The molecule has 1 rings (SSSR count). The number of benzene rings is 1. The quantitative estimate of drug-likeness (QED) is 0.630. The van der Waals surface area contributed by atoms with Crippen molar-refractivity contribution in [2.24, 2.45) is 0 Å². The first-order valence-corrected chi connectivity index (χ1v) is 4.75. The Hall–Kier alpha value is 0.0500. The molecule has 0 aliphatic carbocycles. The Kier molecular flexibility index (Phi) is 7.48. The van der Waals surface area contributed by atoms with E-state index in [1.165, 1.54) is 5.56 Å². The van der Waals surface area contributed by atoms with Crippen LogP contribution in [-0.4, -0.2) is 12.4 Å². The number of halogens is 3. The molecule has 0 unspecified atom stereocenters. The van der Waals surface area contributed by atoms with Crippen molar-refractivity contribution in [2.45, 2.75) is 6.54 Å². The standard InChI is InChI=1S/C9H11Cl2N.ClH/c10-4-5-12-7-8-2-1-3-9(11)6-8;/h1-3,6,12H,4-5,7H2;1H. The van der Waals surface area contributed by atoms with Crippen LogP contribution in [0.15, 0.2) is 24.3 Å². The van der Waals surface area contributed by atoms with E-state index in [2.05, 4.69) is 5.32 Å². The van der Waals surface area contributed by atoms with Gasteiger partial charge in [0.2, 0.25) is 0 Å². The lowest BCUT2D eigenvalue weighted by atomic mass is 10.2. The van der Waals surface area contributed by atoms with Gasteiger partial charge in [-0.2, -0.15) is 0 Å². The van der Waals surface area contributed by atoms with E-state index < -0.39 is 0 Å². The van der Waals surface area contributed by atoms with Gasteiger partial charge in [-0.15, -0.1) is 24.0 Å². The van der Waals surface area contributed by atoms with Gasteiger partial charge in [0, 0.05) is 24.0 Å². The first kappa shape index (κ1) is 13.1. The van der Waals surface area contributed by atoms with Crippen LogP contribution in [0.25, 0.3) is 0 Å². The lowest BCUT2D eigenvalue weighted by Crippen LogP contribution is -2.15. The highest BCUT2D eigenvalue weighted by atomic mass is 35.5. The topological polar surface area (TPSA) is 12.0 Å². The van der Waals surface area contributed by atoms with Crippen molar-refractivity contribution < 1.29 is 0 Å². The number of alkyl halides is 1. The van der Waals surface area contributed by atoms with Gasteiger partial charge in [-0.1, -0.05) is 23.7 Å². The molecule has 0 aromatic heterocycles. The monoisotopic (exact) mass is 239 g/mol. The highest BCUT2D eigenvalue weighted by Crippen LogP contribution is 2.09. The van der Waals surface area contributed by atoms with Gasteiger partial charge in [0.05, 0.1) is 0 Å². The Bertz CT molecular complexity index is 240. The molecule has 0 amide bonds. The maximum Gasteiger partial charge on any atom is 0.0409 e. The van der Waals surface area contributed by atoms with E-state index in [0.717, 1.165) is 18.1 Å². The summed E-state index contributed by atoms with van der Waals surface area (Å²) in [5.41, 5.74) is 1.19. The molecule has 0 aliphatic rings. The van der Waals surface area contributed by atoms with E-state index in [1.54, 1.807) is 0 Å². The number of nitrogens with one attached hydrogen (secondary N) is 1. The summed E-state index contributed by atoms with van der Waals surface area (Å²) in [6.45, 7) is 1.65. The van der Waals surface area contributed by atoms with Gasteiger partial charge in [-0.3, -0.25) is 0 Å². The summed E-state index contributed by atoms with van der Waals surface area (Å²) in [4.78, 5) is 0. The summed E-state index contributed by atoms with van der Waals surface area (Å²) in [5.74, 6) is 0.639. The summed E-state index contributed by atoms with van der Waals surface area (Å²) in [5, 5.41) is 3.97. The molecule has 74 valence electrons. The van der Waals surface area contributed by atoms with E-state index in [4.69, 9.17) is 23.2 Å². The Morgan fingerprint density at radius 1 is 1.31 bits per heavy atom. The van der Waals surface area contributed by atoms with Crippen LogP contribution in [0.4, 0.5) is 0 Å². The molecule has 0 heterocycles. The summed E-state index contributed by atoms with van der Waals surface area (Å²) in [6, 6.07) is 7.79. The average Bonchev–Trinajstić information content (AvgIpc) is 2.05. The molecule has 0 fully saturated rings. The van der Waals surface area contributed by atoms with Crippen molar-refractivity contribution in [3.8, 4) is 0 Å². The largest absolute Gasteiger partial charge is 0.311 e. The Labute approximate surface area is 94.8 Å². The van der Waals surface area contributed by atoms with Gasteiger partial charge in [-0.05, 0) is 17.7 Å². The van der Waals surface area contributed by atoms with E-state index in [1.807, 2.05) is 24.3 Å². The van der Waals surface area contributed by atoms with Crippen molar-refractivity contribution in [3.63, 3.8) is 0 Å². The van der Waals surface area contributed by atoms with Gasteiger partial charge in [0.15, 0.2) is 0 Å². The SMILES string of the molecule is Cl.ClCCNCc1cccc(Cl)c1. The molecule has 1 N–H and O–H groups in total. The highest BCUT2D eigenvalue weighted by molar-refractivity contribution is 6.30. The molecule has 0 bridgehead atoms. The summed E-state index contributed by atoms with van der Waals surface area (Å²) >= 11 is 11.3. The predicted octanol–water partition coefficient (Wildman–Crippen LogP) is 3.09. The molecule has 0 saturated carbocycles. The Morgan fingerprint density at radius 3 is 2.69 bits per heavy atom. The molecule has 0 atom stereocenters. The van der Waals surface area contributed by atoms with Crippen molar-refractivity contribution in [3.05, 3.63) is 34.9 Å². The number of hydrogen-bond acceptors (Lipinski definition) is 1. The maximum atomic E-state index is 5.80. The van der Waals surface area contributed by atoms with E-state index >= 15 is 0 Å². The molecule has 0 aliphatic heterocycles. The van der Waals surface area contributed by atoms with Crippen LogP contribution in [0.2, 0.25) is 5.02 Å². The third-order valence-corrected chi connectivity index (χ3v) is 1.91. The van der Waals surface area contributed by atoms with Crippen LogP contribution < -0.4 is 5.32 Å². The molecule has 1 nitrogen and oxygen atoms in total. The fraction of sp³-hybridized carbons (Fsp3) is 0.333.